The van der Waals surface area contributed by atoms with Crippen molar-refractivity contribution in [2.24, 2.45) is 0 Å². The van der Waals surface area contributed by atoms with E-state index in [1.54, 1.807) is 0 Å². The van der Waals surface area contributed by atoms with Crippen LogP contribution in [0.4, 0.5) is 0 Å². The molecule has 0 aromatic carbocycles. The van der Waals surface area contributed by atoms with Crippen molar-refractivity contribution in [1.82, 2.24) is 15.1 Å². The zero-order chi connectivity index (χ0) is 14.7. The van der Waals surface area contributed by atoms with Gasteiger partial charge in [-0.15, -0.1) is 11.3 Å². The fourth-order valence-electron chi connectivity index (χ4n) is 3.48. The number of nitrogens with one attached hydrogen (secondary N) is 1. The monoisotopic (exact) mass is 307 g/mol. The van der Waals surface area contributed by atoms with Crippen LogP contribution in [-0.2, 0) is 11.2 Å². The third kappa shape index (κ3) is 3.30. The molecule has 1 fully saturated rings. The summed E-state index contributed by atoms with van der Waals surface area (Å²) in [5.74, 6) is 0.306. The van der Waals surface area contributed by atoms with Crippen LogP contribution in [0.15, 0.2) is 11.4 Å². The molecular formula is C16H25N3OS. The number of hydrogen-bond acceptors (Lipinski definition) is 4. The van der Waals surface area contributed by atoms with E-state index in [1.165, 1.54) is 10.4 Å². The average molecular weight is 307 g/mol. The van der Waals surface area contributed by atoms with Gasteiger partial charge in [0, 0.05) is 24.5 Å². The first-order chi connectivity index (χ1) is 10.3. The minimum Gasteiger partial charge on any atom is -0.334 e. The fourth-order valence-corrected chi connectivity index (χ4v) is 4.41. The lowest BCUT2D eigenvalue weighted by atomic mass is 9.97. The van der Waals surface area contributed by atoms with E-state index < -0.39 is 0 Å². The van der Waals surface area contributed by atoms with Gasteiger partial charge in [-0.2, -0.15) is 0 Å². The van der Waals surface area contributed by atoms with Crippen LogP contribution >= 0.6 is 11.3 Å². The highest BCUT2D eigenvalue weighted by molar-refractivity contribution is 7.10. The van der Waals surface area contributed by atoms with E-state index in [2.05, 4.69) is 33.5 Å². The molecule has 1 N–H and O–H groups in total. The molecule has 1 amide bonds. The Bertz CT molecular complexity index is 480. The summed E-state index contributed by atoms with van der Waals surface area (Å²) in [6.07, 6.45) is 3.17. The lowest BCUT2D eigenvalue weighted by Crippen LogP contribution is -2.45. The van der Waals surface area contributed by atoms with Crippen molar-refractivity contribution in [2.75, 3.05) is 39.3 Å². The molecule has 1 atom stereocenters. The lowest BCUT2D eigenvalue weighted by molar-refractivity contribution is -0.135. The van der Waals surface area contributed by atoms with Gasteiger partial charge in [-0.25, -0.2) is 0 Å². The Kier molecular flexibility index (Phi) is 4.93. The van der Waals surface area contributed by atoms with Crippen LogP contribution in [0.25, 0.3) is 0 Å². The van der Waals surface area contributed by atoms with Crippen molar-refractivity contribution in [1.29, 1.82) is 0 Å². The highest BCUT2D eigenvalue weighted by Gasteiger charge is 2.30. The van der Waals surface area contributed by atoms with Crippen molar-refractivity contribution in [2.45, 2.75) is 32.2 Å². The SMILES string of the molecule is CCC1c2ccsc2CCN1C(=O)CN1CCCNCC1. The molecule has 0 radical (unpaired) electrons. The molecule has 3 rings (SSSR count). The Hall–Kier alpha value is -0.910. The van der Waals surface area contributed by atoms with Gasteiger partial charge in [0.1, 0.15) is 0 Å². The minimum atomic E-state index is 0.289. The second-order valence-electron chi connectivity index (χ2n) is 5.94. The zero-order valence-corrected chi connectivity index (χ0v) is 13.6. The van der Waals surface area contributed by atoms with Gasteiger partial charge in [0.25, 0.3) is 0 Å². The molecular weight excluding hydrogens is 282 g/mol. The maximum Gasteiger partial charge on any atom is 0.237 e. The van der Waals surface area contributed by atoms with Gasteiger partial charge in [-0.3, -0.25) is 9.69 Å². The van der Waals surface area contributed by atoms with Crippen molar-refractivity contribution < 1.29 is 4.79 Å². The van der Waals surface area contributed by atoms with Crippen LogP contribution in [-0.4, -0.2) is 55.0 Å². The highest BCUT2D eigenvalue weighted by Crippen LogP contribution is 2.35. The number of rotatable bonds is 3. The number of amides is 1. The molecule has 0 spiro atoms. The predicted octanol–water partition coefficient (Wildman–Crippen LogP) is 1.88. The third-order valence-electron chi connectivity index (χ3n) is 4.59. The van der Waals surface area contributed by atoms with Crippen LogP contribution in [0.5, 0.6) is 0 Å². The topological polar surface area (TPSA) is 35.6 Å². The van der Waals surface area contributed by atoms with Crippen LogP contribution in [0.3, 0.4) is 0 Å². The summed E-state index contributed by atoms with van der Waals surface area (Å²) in [6.45, 7) is 7.75. The molecule has 2 aliphatic rings. The number of carbonyl (C=O) groups excluding carboxylic acids is 1. The molecule has 0 saturated carbocycles. The smallest absolute Gasteiger partial charge is 0.237 e. The van der Waals surface area contributed by atoms with E-state index in [-0.39, 0.29) is 6.04 Å². The fraction of sp³-hybridized carbons (Fsp3) is 0.688. The summed E-state index contributed by atoms with van der Waals surface area (Å²) >= 11 is 1.84. The molecule has 1 aromatic rings. The molecule has 21 heavy (non-hydrogen) atoms. The second-order valence-corrected chi connectivity index (χ2v) is 6.94. The molecule has 0 bridgehead atoms. The normalized spacial score (nSPS) is 23.7. The minimum absolute atomic E-state index is 0.289. The first kappa shape index (κ1) is 15.0. The number of thiophene rings is 1. The quantitative estimate of drug-likeness (QED) is 0.926. The molecule has 1 saturated heterocycles. The van der Waals surface area contributed by atoms with E-state index in [0.29, 0.717) is 12.5 Å². The van der Waals surface area contributed by atoms with Gasteiger partial charge in [-0.05, 0) is 49.4 Å². The standard InChI is InChI=1S/C16H25N3OS/c1-2-14-13-5-11-21-15(13)4-9-19(14)16(20)12-18-8-3-6-17-7-10-18/h5,11,14,17H,2-4,6-10,12H2,1H3. The van der Waals surface area contributed by atoms with Gasteiger partial charge in [0.15, 0.2) is 0 Å². The molecule has 1 aromatic heterocycles. The van der Waals surface area contributed by atoms with E-state index >= 15 is 0 Å². The van der Waals surface area contributed by atoms with E-state index in [0.717, 1.165) is 52.0 Å². The summed E-state index contributed by atoms with van der Waals surface area (Å²) in [4.78, 5) is 18.6. The van der Waals surface area contributed by atoms with Crippen LogP contribution in [0.1, 0.15) is 36.2 Å². The Morgan fingerprint density at radius 2 is 2.29 bits per heavy atom. The molecule has 1 unspecified atom stereocenters. The Balaban J connectivity index is 1.66. The molecule has 0 aliphatic carbocycles. The van der Waals surface area contributed by atoms with Gasteiger partial charge < -0.3 is 10.2 Å². The molecule has 3 heterocycles. The van der Waals surface area contributed by atoms with E-state index in [9.17, 15) is 4.79 Å². The van der Waals surface area contributed by atoms with Gasteiger partial charge >= 0.3 is 0 Å². The second kappa shape index (κ2) is 6.90. The summed E-state index contributed by atoms with van der Waals surface area (Å²) < 4.78 is 0. The third-order valence-corrected chi connectivity index (χ3v) is 5.59. The summed E-state index contributed by atoms with van der Waals surface area (Å²) in [6, 6.07) is 2.50. The van der Waals surface area contributed by atoms with Gasteiger partial charge in [0.2, 0.25) is 5.91 Å². The Morgan fingerprint density at radius 1 is 1.38 bits per heavy atom. The number of fused-ring (bicyclic) bond motifs is 1. The highest BCUT2D eigenvalue weighted by atomic mass is 32.1. The van der Waals surface area contributed by atoms with E-state index in [1.807, 2.05) is 11.3 Å². The van der Waals surface area contributed by atoms with Gasteiger partial charge in [-0.1, -0.05) is 6.92 Å². The largest absolute Gasteiger partial charge is 0.334 e. The number of carbonyl (C=O) groups is 1. The van der Waals surface area contributed by atoms with Crippen molar-refractivity contribution >= 4 is 17.2 Å². The van der Waals surface area contributed by atoms with E-state index in [4.69, 9.17) is 0 Å². The predicted molar refractivity (Wildman–Crippen MR) is 86.7 cm³/mol. The first-order valence-electron chi connectivity index (χ1n) is 8.08. The maximum atomic E-state index is 12.7. The summed E-state index contributed by atoms with van der Waals surface area (Å²) in [5, 5.41) is 5.56. The summed E-state index contributed by atoms with van der Waals surface area (Å²) in [5.41, 5.74) is 1.39. The van der Waals surface area contributed by atoms with Crippen molar-refractivity contribution in [3.05, 3.63) is 21.9 Å². The van der Waals surface area contributed by atoms with Gasteiger partial charge in [0.05, 0.1) is 12.6 Å². The zero-order valence-electron chi connectivity index (χ0n) is 12.8. The molecule has 5 heteroatoms. The lowest BCUT2D eigenvalue weighted by Gasteiger charge is -2.36. The summed E-state index contributed by atoms with van der Waals surface area (Å²) in [7, 11) is 0. The Labute approximate surface area is 131 Å². The van der Waals surface area contributed by atoms with Crippen molar-refractivity contribution in [3.8, 4) is 0 Å². The first-order valence-corrected chi connectivity index (χ1v) is 8.96. The molecule has 116 valence electrons. The van der Waals surface area contributed by atoms with Crippen molar-refractivity contribution in [3.63, 3.8) is 0 Å². The average Bonchev–Trinajstić information content (AvgIpc) is 2.83. The number of hydrogen-bond donors (Lipinski definition) is 1. The molecule has 4 nitrogen and oxygen atoms in total. The maximum absolute atomic E-state index is 12.7. The number of nitrogens with zero attached hydrogens (tertiary/aromatic N) is 2. The van der Waals surface area contributed by atoms with Crippen LogP contribution in [0, 0.1) is 0 Å². The molecule has 2 aliphatic heterocycles. The van der Waals surface area contributed by atoms with Crippen LogP contribution in [0.2, 0.25) is 0 Å². The Morgan fingerprint density at radius 3 is 3.14 bits per heavy atom. The van der Waals surface area contributed by atoms with Crippen LogP contribution < -0.4 is 5.32 Å².